The van der Waals surface area contributed by atoms with E-state index in [4.69, 9.17) is 4.43 Å². The number of hydrogen-bond donors (Lipinski definition) is 0. The van der Waals surface area contributed by atoms with Gasteiger partial charge < -0.3 is 4.43 Å². The molecule has 3 heteroatoms. The van der Waals surface area contributed by atoms with Gasteiger partial charge in [0, 0.05) is 4.83 Å². The highest BCUT2D eigenvalue weighted by atomic mass is 79.9. The summed E-state index contributed by atoms with van der Waals surface area (Å²) in [7, 11) is -1.71. The molecular weight excluding hydrogens is 352 g/mol. The molecule has 0 aliphatic heterocycles. The fourth-order valence-corrected chi connectivity index (χ4v) is 4.51. The van der Waals surface area contributed by atoms with E-state index in [2.05, 4.69) is 63.3 Å². The molecule has 0 amide bonds. The molecule has 0 radical (unpaired) electrons. The SMILES string of the molecule is C=CC[C@H](O[Si](C)(C)C(C)(C)C)[C@H](Br)CCCCCCCC. The molecule has 0 N–H and O–H groups in total. The molecule has 0 bridgehead atoms. The first-order chi connectivity index (χ1) is 10.2. The Morgan fingerprint density at radius 2 is 1.64 bits per heavy atom. The minimum absolute atomic E-state index is 0.263. The van der Waals surface area contributed by atoms with Gasteiger partial charge in [0.15, 0.2) is 8.32 Å². The van der Waals surface area contributed by atoms with Gasteiger partial charge >= 0.3 is 0 Å². The largest absolute Gasteiger partial charge is 0.412 e. The Kier molecular flexibility index (Phi) is 11.2. The van der Waals surface area contributed by atoms with Crippen molar-refractivity contribution in [3.05, 3.63) is 12.7 Å². The molecule has 0 fully saturated rings. The summed E-state index contributed by atoms with van der Waals surface area (Å²) in [6, 6.07) is 0. The minimum Gasteiger partial charge on any atom is -0.412 e. The predicted molar refractivity (Wildman–Crippen MR) is 108 cm³/mol. The lowest BCUT2D eigenvalue weighted by Gasteiger charge is -2.40. The van der Waals surface area contributed by atoms with Crippen LogP contribution in [0.5, 0.6) is 0 Å². The minimum atomic E-state index is -1.71. The molecule has 0 unspecified atom stereocenters. The van der Waals surface area contributed by atoms with Crippen LogP contribution in [0.25, 0.3) is 0 Å². The summed E-state index contributed by atoms with van der Waals surface area (Å²) in [6.45, 7) is 17.8. The standard InChI is InChI=1S/C19H39BrOSi/c1-8-10-11-12-13-14-16-17(20)18(15-9-2)21-22(6,7)19(3,4)5/h9,17-18H,2,8,10-16H2,1,3-7H3/t17-,18+/m1/s1. The molecule has 0 aliphatic rings. The van der Waals surface area contributed by atoms with Gasteiger partial charge in [0.25, 0.3) is 0 Å². The van der Waals surface area contributed by atoms with Gasteiger partial charge in [0.1, 0.15) is 0 Å². The molecular formula is C19H39BrOSi. The highest BCUT2D eigenvalue weighted by Gasteiger charge is 2.40. The molecule has 0 aliphatic carbocycles. The van der Waals surface area contributed by atoms with Crippen molar-refractivity contribution in [2.45, 2.75) is 108 Å². The quantitative estimate of drug-likeness (QED) is 0.145. The Morgan fingerprint density at radius 1 is 1.09 bits per heavy atom. The maximum atomic E-state index is 6.62. The van der Waals surface area contributed by atoms with Gasteiger partial charge in [0.2, 0.25) is 0 Å². The van der Waals surface area contributed by atoms with Crippen LogP contribution in [-0.4, -0.2) is 19.2 Å². The van der Waals surface area contributed by atoms with Gasteiger partial charge in [-0.25, -0.2) is 0 Å². The first-order valence-electron chi connectivity index (χ1n) is 9.08. The molecule has 0 saturated heterocycles. The second-order valence-corrected chi connectivity index (χ2v) is 13.9. The molecule has 0 aromatic heterocycles. The predicted octanol–water partition coefficient (Wildman–Crippen LogP) is 7.47. The second kappa shape index (κ2) is 11.0. The summed E-state index contributed by atoms with van der Waals surface area (Å²) < 4.78 is 6.62. The van der Waals surface area contributed by atoms with Crippen LogP contribution in [-0.2, 0) is 4.43 Å². The van der Waals surface area contributed by atoms with Crippen LogP contribution in [0.1, 0.15) is 79.1 Å². The Balaban J connectivity index is 4.34. The number of halogens is 1. The third-order valence-electron chi connectivity index (χ3n) is 4.89. The van der Waals surface area contributed by atoms with Crippen LogP contribution in [0.3, 0.4) is 0 Å². The van der Waals surface area contributed by atoms with E-state index in [1.165, 1.54) is 44.9 Å². The smallest absolute Gasteiger partial charge is 0.192 e. The second-order valence-electron chi connectivity index (χ2n) is 8.01. The highest BCUT2D eigenvalue weighted by Crippen LogP contribution is 2.39. The lowest BCUT2D eigenvalue weighted by molar-refractivity contribution is 0.177. The van der Waals surface area contributed by atoms with Gasteiger partial charge in [0.05, 0.1) is 6.10 Å². The lowest BCUT2D eigenvalue weighted by atomic mass is 10.0. The number of hydrogen-bond acceptors (Lipinski definition) is 1. The van der Waals surface area contributed by atoms with E-state index in [9.17, 15) is 0 Å². The van der Waals surface area contributed by atoms with Crippen LogP contribution in [0.15, 0.2) is 12.7 Å². The van der Waals surface area contributed by atoms with Gasteiger partial charge in [-0.15, -0.1) is 6.58 Å². The van der Waals surface area contributed by atoms with Crippen molar-refractivity contribution in [1.29, 1.82) is 0 Å². The van der Waals surface area contributed by atoms with E-state index in [1.807, 2.05) is 6.08 Å². The summed E-state index contributed by atoms with van der Waals surface area (Å²) in [5.74, 6) is 0. The van der Waals surface area contributed by atoms with Crippen LogP contribution < -0.4 is 0 Å². The van der Waals surface area contributed by atoms with Crippen molar-refractivity contribution in [2.75, 3.05) is 0 Å². The van der Waals surface area contributed by atoms with Crippen molar-refractivity contribution in [3.8, 4) is 0 Å². The molecule has 0 aromatic carbocycles. The van der Waals surface area contributed by atoms with Crippen molar-refractivity contribution >= 4 is 24.2 Å². The van der Waals surface area contributed by atoms with Crippen LogP contribution >= 0.6 is 15.9 Å². The summed E-state index contributed by atoms with van der Waals surface area (Å²) in [5.41, 5.74) is 0. The van der Waals surface area contributed by atoms with E-state index >= 15 is 0 Å². The van der Waals surface area contributed by atoms with Crippen molar-refractivity contribution < 1.29 is 4.43 Å². The Labute approximate surface area is 149 Å². The maximum absolute atomic E-state index is 6.62. The Hall–Kier alpha value is 0.397. The monoisotopic (exact) mass is 390 g/mol. The normalized spacial score (nSPS) is 15.6. The van der Waals surface area contributed by atoms with Crippen LogP contribution in [0.4, 0.5) is 0 Å². The lowest BCUT2D eigenvalue weighted by Crippen LogP contribution is -2.46. The van der Waals surface area contributed by atoms with Crippen molar-refractivity contribution in [1.82, 2.24) is 0 Å². The number of alkyl halides is 1. The van der Waals surface area contributed by atoms with E-state index < -0.39 is 8.32 Å². The van der Waals surface area contributed by atoms with Crippen molar-refractivity contribution in [3.63, 3.8) is 0 Å². The third kappa shape index (κ3) is 8.88. The third-order valence-corrected chi connectivity index (χ3v) is 10.4. The first-order valence-corrected chi connectivity index (χ1v) is 12.9. The summed E-state index contributed by atoms with van der Waals surface area (Å²) in [4.78, 5) is 0.450. The fraction of sp³-hybridized carbons (Fsp3) is 0.895. The molecule has 0 rings (SSSR count). The van der Waals surface area contributed by atoms with Crippen LogP contribution in [0.2, 0.25) is 18.1 Å². The molecule has 0 spiro atoms. The maximum Gasteiger partial charge on any atom is 0.192 e. The van der Waals surface area contributed by atoms with Gasteiger partial charge in [-0.05, 0) is 31.0 Å². The van der Waals surface area contributed by atoms with E-state index in [-0.39, 0.29) is 11.1 Å². The zero-order valence-corrected chi connectivity index (χ0v) is 18.5. The van der Waals surface area contributed by atoms with Crippen molar-refractivity contribution in [2.24, 2.45) is 0 Å². The summed E-state index contributed by atoms with van der Waals surface area (Å²) >= 11 is 3.90. The molecule has 0 aromatic rings. The Bertz CT molecular complexity index is 296. The average Bonchev–Trinajstić information content (AvgIpc) is 2.40. The zero-order chi connectivity index (χ0) is 17.2. The average molecular weight is 392 g/mol. The van der Waals surface area contributed by atoms with E-state index in [0.29, 0.717) is 4.83 Å². The highest BCUT2D eigenvalue weighted by molar-refractivity contribution is 9.09. The van der Waals surface area contributed by atoms with Gasteiger partial charge in [-0.3, -0.25) is 0 Å². The molecule has 2 atom stereocenters. The molecule has 22 heavy (non-hydrogen) atoms. The Morgan fingerprint density at radius 3 is 2.14 bits per heavy atom. The van der Waals surface area contributed by atoms with E-state index in [1.54, 1.807) is 0 Å². The summed E-state index contributed by atoms with van der Waals surface area (Å²) in [5, 5.41) is 0.263. The zero-order valence-electron chi connectivity index (χ0n) is 15.9. The molecule has 1 nitrogen and oxygen atoms in total. The molecule has 0 saturated carbocycles. The number of rotatable bonds is 12. The van der Waals surface area contributed by atoms with E-state index in [0.717, 1.165) is 6.42 Å². The molecule has 132 valence electrons. The van der Waals surface area contributed by atoms with Gasteiger partial charge in [-0.2, -0.15) is 0 Å². The number of unbranched alkanes of at least 4 members (excludes halogenated alkanes) is 5. The first kappa shape index (κ1) is 22.4. The van der Waals surface area contributed by atoms with Gasteiger partial charge in [-0.1, -0.05) is 88.2 Å². The summed E-state index contributed by atoms with van der Waals surface area (Å²) in [6.07, 6.45) is 12.5. The topological polar surface area (TPSA) is 9.23 Å². The fourth-order valence-electron chi connectivity index (χ4n) is 2.29. The van der Waals surface area contributed by atoms with Crippen LogP contribution in [0, 0.1) is 0 Å². The molecule has 0 heterocycles.